The molecule has 0 aliphatic carbocycles. The van der Waals surface area contributed by atoms with Crippen LogP contribution in [0.3, 0.4) is 0 Å². The Kier molecular flexibility index (Phi) is 5.43. The summed E-state index contributed by atoms with van der Waals surface area (Å²) in [6.07, 6.45) is 3.09. The molecule has 0 aliphatic heterocycles. The van der Waals surface area contributed by atoms with E-state index in [9.17, 15) is 9.18 Å². The molecule has 0 N–H and O–H groups in total. The number of alkyl halides is 1. The van der Waals surface area contributed by atoms with E-state index in [1.165, 1.54) is 18.0 Å². The third kappa shape index (κ3) is 3.80. The number of anilines is 2. The van der Waals surface area contributed by atoms with E-state index >= 15 is 0 Å². The number of para-hydroxylation sites is 3. The summed E-state index contributed by atoms with van der Waals surface area (Å²) in [5.41, 5.74) is 0.835. The predicted molar refractivity (Wildman–Crippen MR) is 96.6 cm³/mol. The summed E-state index contributed by atoms with van der Waals surface area (Å²) in [4.78, 5) is 17.9. The normalized spacial score (nSPS) is 10.2. The van der Waals surface area contributed by atoms with Crippen LogP contribution >= 0.6 is 0 Å². The molecule has 1 aromatic heterocycles. The van der Waals surface area contributed by atoms with Crippen LogP contribution in [0.2, 0.25) is 0 Å². The van der Waals surface area contributed by atoms with Gasteiger partial charge >= 0.3 is 0 Å². The highest BCUT2D eigenvalue weighted by Gasteiger charge is 2.22. The fourth-order valence-electron chi connectivity index (χ4n) is 2.53. The first kappa shape index (κ1) is 17.4. The van der Waals surface area contributed by atoms with Gasteiger partial charge in [0.2, 0.25) is 12.8 Å². The van der Waals surface area contributed by atoms with E-state index in [0.717, 1.165) is 0 Å². The number of aromatic nitrogens is 1. The molecule has 0 saturated carbocycles. The van der Waals surface area contributed by atoms with Gasteiger partial charge in [-0.1, -0.05) is 30.3 Å². The van der Waals surface area contributed by atoms with E-state index in [2.05, 4.69) is 4.98 Å². The van der Waals surface area contributed by atoms with Crippen LogP contribution in [0.1, 0.15) is 6.92 Å². The van der Waals surface area contributed by atoms with Gasteiger partial charge in [-0.05, 0) is 24.3 Å². The first-order valence-corrected chi connectivity index (χ1v) is 7.96. The zero-order chi connectivity index (χ0) is 18.4. The van der Waals surface area contributed by atoms with Gasteiger partial charge in [-0.15, -0.1) is 0 Å². The number of hydrogen-bond donors (Lipinski definition) is 0. The Labute approximate surface area is 150 Å². The Bertz CT molecular complexity index is 887. The lowest BCUT2D eigenvalue weighted by Crippen LogP contribution is -2.24. The van der Waals surface area contributed by atoms with Crippen LogP contribution in [0.25, 0.3) is 0 Å². The van der Waals surface area contributed by atoms with Crippen LogP contribution in [-0.2, 0) is 4.79 Å². The first-order valence-electron chi connectivity index (χ1n) is 7.96. The number of ether oxygens (including phenoxy) is 2. The van der Waals surface area contributed by atoms with Gasteiger partial charge in [-0.25, -0.2) is 4.39 Å². The van der Waals surface area contributed by atoms with Crippen molar-refractivity contribution >= 4 is 17.3 Å². The van der Waals surface area contributed by atoms with Gasteiger partial charge in [0.05, 0.1) is 11.9 Å². The van der Waals surface area contributed by atoms with E-state index in [4.69, 9.17) is 9.47 Å². The molecule has 0 bridgehead atoms. The second-order valence-electron chi connectivity index (χ2n) is 5.33. The molecule has 0 atom stereocenters. The van der Waals surface area contributed by atoms with Crippen LogP contribution < -0.4 is 14.4 Å². The van der Waals surface area contributed by atoms with Crippen molar-refractivity contribution < 1.29 is 18.7 Å². The highest BCUT2D eigenvalue weighted by molar-refractivity contribution is 6.01. The minimum Gasteiger partial charge on any atom is -0.461 e. The van der Waals surface area contributed by atoms with Crippen molar-refractivity contribution in [3.8, 4) is 17.2 Å². The van der Waals surface area contributed by atoms with E-state index in [0.29, 0.717) is 22.9 Å². The summed E-state index contributed by atoms with van der Waals surface area (Å²) >= 11 is 0. The highest BCUT2D eigenvalue weighted by atomic mass is 19.1. The SMILES string of the molecule is CC(=O)N(c1ccccc1OCF)c1cnccc1Oc1ccccc1. The highest BCUT2D eigenvalue weighted by Crippen LogP contribution is 2.39. The van der Waals surface area contributed by atoms with Crippen LogP contribution in [0.5, 0.6) is 17.2 Å². The van der Waals surface area contributed by atoms with E-state index in [-0.39, 0.29) is 11.7 Å². The number of carbonyl (C=O) groups excluding carboxylic acids is 1. The van der Waals surface area contributed by atoms with Crippen LogP contribution in [0, 0.1) is 0 Å². The minimum atomic E-state index is -0.997. The second kappa shape index (κ2) is 8.11. The molecule has 0 unspecified atom stereocenters. The van der Waals surface area contributed by atoms with E-state index < -0.39 is 6.86 Å². The second-order valence-corrected chi connectivity index (χ2v) is 5.33. The van der Waals surface area contributed by atoms with Crippen LogP contribution in [0.15, 0.2) is 73.1 Å². The topological polar surface area (TPSA) is 51.7 Å². The molecule has 0 spiro atoms. The van der Waals surface area contributed by atoms with E-state index in [1.54, 1.807) is 36.5 Å². The van der Waals surface area contributed by atoms with Gasteiger partial charge < -0.3 is 9.47 Å². The number of hydrogen-bond acceptors (Lipinski definition) is 4. The third-order valence-corrected chi connectivity index (χ3v) is 3.60. The fourth-order valence-corrected chi connectivity index (χ4v) is 2.53. The lowest BCUT2D eigenvalue weighted by Gasteiger charge is -2.25. The number of rotatable bonds is 6. The molecule has 6 heteroatoms. The predicted octanol–water partition coefficient (Wildman–Crippen LogP) is 4.86. The molecule has 0 saturated heterocycles. The molecule has 5 nitrogen and oxygen atoms in total. The number of nitrogens with zero attached hydrogens (tertiary/aromatic N) is 2. The smallest absolute Gasteiger partial charge is 0.228 e. The maximum atomic E-state index is 12.7. The molecule has 0 radical (unpaired) electrons. The van der Waals surface area contributed by atoms with Gasteiger partial charge in [0.25, 0.3) is 0 Å². The fraction of sp³-hybridized carbons (Fsp3) is 0.100. The Morgan fingerprint density at radius 3 is 2.46 bits per heavy atom. The number of amides is 1. The molecule has 2 aromatic carbocycles. The van der Waals surface area contributed by atoms with Crippen LogP contribution in [-0.4, -0.2) is 17.8 Å². The summed E-state index contributed by atoms with van der Waals surface area (Å²) in [7, 11) is 0. The molecule has 1 amide bonds. The van der Waals surface area contributed by atoms with Gasteiger partial charge in [0.1, 0.15) is 17.2 Å². The van der Waals surface area contributed by atoms with Crippen LogP contribution in [0.4, 0.5) is 15.8 Å². The maximum Gasteiger partial charge on any atom is 0.228 e. The maximum absolute atomic E-state index is 12.7. The number of halogens is 1. The Morgan fingerprint density at radius 1 is 1.00 bits per heavy atom. The zero-order valence-electron chi connectivity index (χ0n) is 14.1. The van der Waals surface area contributed by atoms with Crippen molar-refractivity contribution in [2.24, 2.45) is 0 Å². The lowest BCUT2D eigenvalue weighted by atomic mass is 10.2. The van der Waals surface area contributed by atoms with Crippen molar-refractivity contribution in [2.45, 2.75) is 6.92 Å². The standard InChI is InChI=1S/C20H17FN2O3/c1-15(24)23(17-9-5-6-10-19(17)25-14-21)18-13-22-12-11-20(18)26-16-7-3-2-4-8-16/h2-13H,14H2,1H3. The van der Waals surface area contributed by atoms with Crippen molar-refractivity contribution in [3.63, 3.8) is 0 Å². The van der Waals surface area contributed by atoms with Gasteiger partial charge in [-0.2, -0.15) is 0 Å². The third-order valence-electron chi connectivity index (χ3n) is 3.60. The Hall–Kier alpha value is -3.41. The molecule has 3 aromatic rings. The number of pyridine rings is 1. The monoisotopic (exact) mass is 352 g/mol. The number of carbonyl (C=O) groups is 1. The quantitative estimate of drug-likeness (QED) is 0.635. The molecule has 1 heterocycles. The largest absolute Gasteiger partial charge is 0.461 e. The summed E-state index contributed by atoms with van der Waals surface area (Å²) in [5, 5.41) is 0. The molecule has 0 fully saturated rings. The van der Waals surface area contributed by atoms with Crippen molar-refractivity contribution in [1.82, 2.24) is 4.98 Å². The minimum absolute atomic E-state index is 0.250. The van der Waals surface area contributed by atoms with Crippen molar-refractivity contribution in [1.29, 1.82) is 0 Å². The molecule has 3 rings (SSSR count). The summed E-state index contributed by atoms with van der Waals surface area (Å²) < 4.78 is 23.7. The molecule has 0 aliphatic rings. The Morgan fingerprint density at radius 2 is 1.73 bits per heavy atom. The number of benzene rings is 2. The first-order chi connectivity index (χ1) is 12.7. The summed E-state index contributed by atoms with van der Waals surface area (Å²) in [6, 6.07) is 17.6. The van der Waals surface area contributed by atoms with Gasteiger partial charge in [-0.3, -0.25) is 14.7 Å². The molecular weight excluding hydrogens is 335 g/mol. The van der Waals surface area contributed by atoms with Crippen molar-refractivity contribution in [3.05, 3.63) is 73.1 Å². The van der Waals surface area contributed by atoms with Gasteiger partial charge in [0.15, 0.2) is 5.75 Å². The van der Waals surface area contributed by atoms with E-state index in [1.807, 2.05) is 30.3 Å². The average molecular weight is 352 g/mol. The lowest BCUT2D eigenvalue weighted by molar-refractivity contribution is -0.115. The van der Waals surface area contributed by atoms with Crippen molar-refractivity contribution in [2.75, 3.05) is 11.8 Å². The van der Waals surface area contributed by atoms with Gasteiger partial charge in [0, 0.05) is 19.2 Å². The zero-order valence-corrected chi connectivity index (χ0v) is 14.1. The molecular formula is C20H17FN2O3. The summed E-state index contributed by atoms with van der Waals surface area (Å²) in [5.74, 6) is 1.03. The molecule has 132 valence electrons. The molecule has 26 heavy (non-hydrogen) atoms. The summed E-state index contributed by atoms with van der Waals surface area (Å²) in [6.45, 7) is 0.411. The average Bonchev–Trinajstić information content (AvgIpc) is 2.65. The Balaban J connectivity index is 2.06.